The van der Waals surface area contributed by atoms with Gasteiger partial charge in [0.15, 0.2) is 0 Å². The maximum atomic E-state index is 13.3. The Kier molecular flexibility index (Phi) is 7.41. The summed E-state index contributed by atoms with van der Waals surface area (Å²) in [5.41, 5.74) is 6.16. The van der Waals surface area contributed by atoms with Gasteiger partial charge in [0.05, 0.1) is 16.4 Å². The molecule has 0 spiro atoms. The molecule has 0 radical (unpaired) electrons. The van der Waals surface area contributed by atoms with Crippen molar-refractivity contribution in [1.29, 1.82) is 0 Å². The molecule has 2 heterocycles. The molecule has 1 amide bonds. The number of piperidine rings is 1. The molecule has 5 nitrogen and oxygen atoms in total. The van der Waals surface area contributed by atoms with Crippen molar-refractivity contribution in [3.63, 3.8) is 0 Å². The number of benzene rings is 2. The maximum absolute atomic E-state index is 13.3. The molecule has 2 aromatic carbocycles. The summed E-state index contributed by atoms with van der Waals surface area (Å²) in [7, 11) is 0. The molecular weight excluding hydrogens is 467 g/mol. The molecule has 168 valence electrons. The molecule has 3 aromatic rings. The fourth-order valence-corrected chi connectivity index (χ4v) is 4.66. The van der Waals surface area contributed by atoms with Crippen LogP contribution in [0.3, 0.4) is 0 Å². The summed E-state index contributed by atoms with van der Waals surface area (Å²) in [6.07, 6.45) is 4.18. The topological polar surface area (TPSA) is 50.2 Å². The van der Waals surface area contributed by atoms with E-state index in [0.717, 1.165) is 49.2 Å². The second kappa shape index (κ2) is 10.3. The molecule has 1 aliphatic heterocycles. The first kappa shape index (κ1) is 23.1. The fraction of sp³-hybridized carbons (Fsp3) is 0.333. The second-order valence-electron chi connectivity index (χ2n) is 7.90. The number of halogens is 3. The number of hydrazine groups is 1. The molecule has 8 heteroatoms. The van der Waals surface area contributed by atoms with Crippen LogP contribution in [-0.2, 0) is 6.54 Å². The van der Waals surface area contributed by atoms with Crippen molar-refractivity contribution < 1.29 is 4.79 Å². The highest BCUT2D eigenvalue weighted by molar-refractivity contribution is 6.36. The molecule has 1 aliphatic rings. The smallest absolute Gasteiger partial charge is 0.301 e. The van der Waals surface area contributed by atoms with Gasteiger partial charge < -0.3 is 4.57 Å². The summed E-state index contributed by atoms with van der Waals surface area (Å²) in [5, 5.41) is 3.65. The highest BCUT2D eigenvalue weighted by atomic mass is 35.5. The standard InChI is InChI=1S/C24H25Cl3N4O/c1-2-12-31-22(16-6-8-17(25)9-7-16)21(19-11-10-18(26)15-20(19)27)28-23(31)24(32)29-30-13-4-3-5-14-30/h6-11,15H,2-5,12-14H2,1H3,(H,29,32). The van der Waals surface area contributed by atoms with Gasteiger partial charge in [-0.2, -0.15) is 0 Å². The monoisotopic (exact) mass is 490 g/mol. The molecule has 1 fully saturated rings. The number of imidazole rings is 1. The van der Waals surface area contributed by atoms with Gasteiger partial charge in [-0.3, -0.25) is 10.2 Å². The van der Waals surface area contributed by atoms with Crippen LogP contribution in [0.2, 0.25) is 15.1 Å². The fourth-order valence-electron chi connectivity index (χ4n) is 4.04. The zero-order chi connectivity index (χ0) is 22.7. The second-order valence-corrected chi connectivity index (χ2v) is 9.18. The van der Waals surface area contributed by atoms with Crippen molar-refractivity contribution in [2.45, 2.75) is 39.2 Å². The van der Waals surface area contributed by atoms with Gasteiger partial charge in [-0.1, -0.05) is 60.3 Å². The van der Waals surface area contributed by atoms with Crippen LogP contribution in [0, 0.1) is 0 Å². The van der Waals surface area contributed by atoms with Crippen LogP contribution in [0.4, 0.5) is 0 Å². The van der Waals surface area contributed by atoms with Gasteiger partial charge in [0, 0.05) is 40.8 Å². The highest BCUT2D eigenvalue weighted by Gasteiger charge is 2.26. The Balaban J connectivity index is 1.86. The molecule has 0 saturated carbocycles. The lowest BCUT2D eigenvalue weighted by Gasteiger charge is -2.26. The maximum Gasteiger partial charge on any atom is 0.301 e. The average molecular weight is 492 g/mol. The van der Waals surface area contributed by atoms with E-state index in [2.05, 4.69) is 12.3 Å². The van der Waals surface area contributed by atoms with Crippen LogP contribution in [-0.4, -0.2) is 33.6 Å². The number of carbonyl (C=O) groups excluding carboxylic acids is 1. The number of rotatable bonds is 6. The highest BCUT2D eigenvalue weighted by Crippen LogP contribution is 2.38. The predicted octanol–water partition coefficient (Wildman–Crippen LogP) is 6.72. The van der Waals surface area contributed by atoms with Gasteiger partial charge in [0.25, 0.3) is 0 Å². The van der Waals surface area contributed by atoms with Gasteiger partial charge in [0.1, 0.15) is 0 Å². The molecule has 1 N–H and O–H groups in total. The van der Waals surface area contributed by atoms with E-state index in [1.165, 1.54) is 6.42 Å². The van der Waals surface area contributed by atoms with Crippen molar-refractivity contribution in [3.8, 4) is 22.5 Å². The third-order valence-electron chi connectivity index (χ3n) is 5.54. The quantitative estimate of drug-likeness (QED) is 0.416. The number of nitrogens with zero attached hydrogens (tertiary/aromatic N) is 3. The molecule has 32 heavy (non-hydrogen) atoms. The Morgan fingerprint density at radius 1 is 1.00 bits per heavy atom. The van der Waals surface area contributed by atoms with E-state index < -0.39 is 0 Å². The van der Waals surface area contributed by atoms with E-state index in [1.807, 2.05) is 39.9 Å². The van der Waals surface area contributed by atoms with Gasteiger partial charge in [-0.25, -0.2) is 9.99 Å². The van der Waals surface area contributed by atoms with E-state index in [1.54, 1.807) is 12.1 Å². The Morgan fingerprint density at radius 3 is 2.34 bits per heavy atom. The Bertz CT molecular complexity index is 1110. The van der Waals surface area contributed by atoms with Gasteiger partial charge in [-0.15, -0.1) is 0 Å². The summed E-state index contributed by atoms with van der Waals surface area (Å²) < 4.78 is 1.97. The summed E-state index contributed by atoms with van der Waals surface area (Å²) in [6, 6.07) is 12.9. The van der Waals surface area contributed by atoms with Crippen LogP contribution in [0.1, 0.15) is 43.2 Å². The minimum absolute atomic E-state index is 0.216. The Morgan fingerprint density at radius 2 is 1.69 bits per heavy atom. The number of nitrogens with one attached hydrogen (secondary N) is 1. The van der Waals surface area contributed by atoms with Crippen molar-refractivity contribution in [2.24, 2.45) is 0 Å². The normalized spacial score (nSPS) is 14.5. The lowest BCUT2D eigenvalue weighted by atomic mass is 10.0. The third kappa shape index (κ3) is 4.96. The number of hydrogen-bond donors (Lipinski definition) is 1. The van der Waals surface area contributed by atoms with E-state index >= 15 is 0 Å². The average Bonchev–Trinajstić information content (AvgIpc) is 3.14. The summed E-state index contributed by atoms with van der Waals surface area (Å²) in [6.45, 7) is 4.41. The number of hydrogen-bond acceptors (Lipinski definition) is 3. The van der Waals surface area contributed by atoms with Crippen LogP contribution < -0.4 is 5.43 Å². The van der Waals surface area contributed by atoms with E-state index in [9.17, 15) is 4.79 Å². The molecule has 1 aromatic heterocycles. The molecule has 4 rings (SSSR count). The zero-order valence-electron chi connectivity index (χ0n) is 17.9. The minimum atomic E-state index is -0.216. The van der Waals surface area contributed by atoms with Crippen molar-refractivity contribution in [2.75, 3.05) is 13.1 Å². The molecule has 0 unspecified atom stereocenters. The summed E-state index contributed by atoms with van der Waals surface area (Å²) in [4.78, 5) is 18.1. The van der Waals surface area contributed by atoms with Crippen molar-refractivity contribution >= 4 is 40.7 Å². The zero-order valence-corrected chi connectivity index (χ0v) is 20.1. The molecule has 0 bridgehead atoms. The van der Waals surface area contributed by atoms with Crippen molar-refractivity contribution in [3.05, 3.63) is 63.4 Å². The molecule has 0 aliphatic carbocycles. The largest absolute Gasteiger partial charge is 0.319 e. The van der Waals surface area contributed by atoms with Gasteiger partial charge in [-0.05, 0) is 49.6 Å². The minimum Gasteiger partial charge on any atom is -0.319 e. The van der Waals surface area contributed by atoms with Crippen LogP contribution in [0.25, 0.3) is 22.5 Å². The first-order chi connectivity index (χ1) is 15.5. The predicted molar refractivity (Wildman–Crippen MR) is 131 cm³/mol. The van der Waals surface area contributed by atoms with E-state index in [-0.39, 0.29) is 5.91 Å². The first-order valence-electron chi connectivity index (χ1n) is 10.9. The molecule has 1 saturated heterocycles. The first-order valence-corrected chi connectivity index (χ1v) is 12.0. The van der Waals surface area contributed by atoms with Crippen LogP contribution in [0.15, 0.2) is 42.5 Å². The summed E-state index contributed by atoms with van der Waals surface area (Å²) in [5.74, 6) is 0.148. The Labute approximate surface area is 203 Å². The van der Waals surface area contributed by atoms with Gasteiger partial charge >= 0.3 is 5.91 Å². The van der Waals surface area contributed by atoms with Crippen LogP contribution in [0.5, 0.6) is 0 Å². The SMILES string of the molecule is CCCn1c(C(=O)NN2CCCCC2)nc(-c2ccc(Cl)cc2Cl)c1-c1ccc(Cl)cc1. The van der Waals surface area contributed by atoms with Gasteiger partial charge in [0.2, 0.25) is 5.82 Å². The molecular formula is C24H25Cl3N4O. The lowest BCUT2D eigenvalue weighted by molar-refractivity contribution is 0.0734. The van der Waals surface area contributed by atoms with Crippen molar-refractivity contribution in [1.82, 2.24) is 20.0 Å². The summed E-state index contributed by atoms with van der Waals surface area (Å²) >= 11 is 18.8. The number of carbonyl (C=O) groups is 1. The Hall–Kier alpha value is -2.05. The van der Waals surface area contributed by atoms with E-state index in [0.29, 0.717) is 33.1 Å². The lowest BCUT2D eigenvalue weighted by Crippen LogP contribution is -2.45. The molecule has 0 atom stereocenters. The van der Waals surface area contributed by atoms with E-state index in [4.69, 9.17) is 39.8 Å². The van der Waals surface area contributed by atoms with Crippen LogP contribution >= 0.6 is 34.8 Å². The number of aromatic nitrogens is 2. The number of amides is 1. The third-order valence-corrected chi connectivity index (χ3v) is 6.34.